The van der Waals surface area contributed by atoms with Crippen molar-refractivity contribution in [1.82, 2.24) is 0 Å². The maximum absolute atomic E-state index is 12.4. The summed E-state index contributed by atoms with van der Waals surface area (Å²) < 4.78 is 5.47. The Morgan fingerprint density at radius 2 is 1.65 bits per heavy atom. The number of hydrogen-bond donors (Lipinski definition) is 0. The van der Waals surface area contributed by atoms with Crippen LogP contribution in [0, 0.1) is 11.3 Å². The smallest absolute Gasteiger partial charge is 0.313 e. The molecule has 1 aliphatic heterocycles. The molecule has 1 atom stereocenters. The first-order chi connectivity index (χ1) is 11.1. The first-order valence-electron chi connectivity index (χ1n) is 8.04. The van der Waals surface area contributed by atoms with Crippen molar-refractivity contribution in [2.24, 2.45) is 11.3 Å². The van der Waals surface area contributed by atoms with E-state index in [1.807, 2.05) is 36.4 Å². The molecule has 2 aromatic rings. The van der Waals surface area contributed by atoms with Gasteiger partial charge >= 0.3 is 5.97 Å². The second kappa shape index (κ2) is 6.41. The quantitative estimate of drug-likeness (QED) is 0.780. The Hall–Kier alpha value is -2.35. The Bertz CT molecular complexity index is 699. The molecule has 0 aliphatic carbocycles. The number of carbonyl (C=O) groups is 1. The molecule has 0 bridgehead atoms. The highest BCUT2D eigenvalue weighted by atomic mass is 16.5. The zero-order valence-corrected chi connectivity index (χ0v) is 13.7. The second-order valence-electron chi connectivity index (χ2n) is 6.74. The van der Waals surface area contributed by atoms with Gasteiger partial charge in [0.15, 0.2) is 0 Å². The molecule has 0 spiro atoms. The molecule has 2 heteroatoms. The first-order valence-corrected chi connectivity index (χ1v) is 8.04. The zero-order valence-electron chi connectivity index (χ0n) is 13.7. The van der Waals surface area contributed by atoms with Gasteiger partial charge in [-0.3, -0.25) is 4.79 Å². The number of cyclic esters (lactones) is 1. The molecule has 1 unspecified atom stereocenters. The number of ether oxygens (including phenoxy) is 1. The molecule has 0 N–H and O–H groups in total. The van der Waals surface area contributed by atoms with Crippen molar-refractivity contribution < 1.29 is 9.53 Å². The molecular formula is C21H22O2. The van der Waals surface area contributed by atoms with E-state index in [0.29, 0.717) is 13.0 Å². The lowest BCUT2D eigenvalue weighted by atomic mass is 9.73. The molecule has 118 valence electrons. The van der Waals surface area contributed by atoms with Crippen LogP contribution in [0.2, 0.25) is 0 Å². The topological polar surface area (TPSA) is 26.3 Å². The third kappa shape index (κ3) is 3.53. The van der Waals surface area contributed by atoms with E-state index in [9.17, 15) is 4.79 Å². The van der Waals surface area contributed by atoms with Crippen molar-refractivity contribution in [2.75, 3.05) is 6.61 Å². The number of rotatable bonds is 3. The maximum atomic E-state index is 12.4. The summed E-state index contributed by atoms with van der Waals surface area (Å²) in [6, 6.07) is 20.3. The third-order valence-corrected chi connectivity index (χ3v) is 4.42. The molecule has 23 heavy (non-hydrogen) atoms. The van der Waals surface area contributed by atoms with Crippen LogP contribution in [0.5, 0.6) is 0 Å². The lowest BCUT2D eigenvalue weighted by Crippen LogP contribution is -2.39. The van der Waals surface area contributed by atoms with Gasteiger partial charge in [-0.2, -0.15) is 0 Å². The maximum Gasteiger partial charge on any atom is 0.313 e. The molecule has 0 aromatic heterocycles. The van der Waals surface area contributed by atoms with E-state index in [1.165, 1.54) is 0 Å². The predicted octanol–water partition coefficient (Wildman–Crippen LogP) is 4.51. The number of benzene rings is 2. The van der Waals surface area contributed by atoms with Crippen molar-refractivity contribution in [2.45, 2.75) is 20.3 Å². The molecule has 0 amide bonds. The summed E-state index contributed by atoms with van der Waals surface area (Å²) in [5.41, 5.74) is 3.29. The number of hydrogen-bond acceptors (Lipinski definition) is 2. The van der Waals surface area contributed by atoms with Crippen LogP contribution < -0.4 is 0 Å². The Labute approximate surface area is 137 Å². The molecule has 2 aromatic carbocycles. The van der Waals surface area contributed by atoms with Gasteiger partial charge in [0.05, 0.1) is 5.92 Å². The fraction of sp³-hybridized carbons (Fsp3) is 0.286. The highest BCUT2D eigenvalue weighted by Gasteiger charge is 2.40. The van der Waals surface area contributed by atoms with Gasteiger partial charge in [0, 0.05) is 5.41 Å². The Morgan fingerprint density at radius 1 is 1.04 bits per heavy atom. The van der Waals surface area contributed by atoms with E-state index in [1.54, 1.807) is 0 Å². The van der Waals surface area contributed by atoms with Crippen molar-refractivity contribution in [3.63, 3.8) is 0 Å². The van der Waals surface area contributed by atoms with E-state index >= 15 is 0 Å². The summed E-state index contributed by atoms with van der Waals surface area (Å²) in [5, 5.41) is 0. The van der Waals surface area contributed by atoms with Crippen molar-refractivity contribution in [3.8, 4) is 0 Å². The highest BCUT2D eigenvalue weighted by molar-refractivity contribution is 5.80. The molecule has 2 nitrogen and oxygen atoms in total. The molecular weight excluding hydrogens is 284 g/mol. The number of esters is 1. The molecule has 1 saturated heterocycles. The van der Waals surface area contributed by atoms with Crippen LogP contribution in [-0.2, 0) is 16.0 Å². The van der Waals surface area contributed by atoms with E-state index in [-0.39, 0.29) is 17.3 Å². The minimum atomic E-state index is -0.221. The summed E-state index contributed by atoms with van der Waals surface area (Å²) in [6.45, 7) is 4.73. The van der Waals surface area contributed by atoms with Crippen LogP contribution >= 0.6 is 0 Å². The first kappa shape index (κ1) is 15.5. The summed E-state index contributed by atoms with van der Waals surface area (Å²) >= 11 is 0. The fourth-order valence-corrected chi connectivity index (χ4v) is 3.10. The normalized spacial score (nSPS) is 21.9. The van der Waals surface area contributed by atoms with E-state index in [0.717, 1.165) is 16.7 Å². The Kier molecular flexibility index (Phi) is 4.33. The molecule has 3 rings (SSSR count). The van der Waals surface area contributed by atoms with Gasteiger partial charge in [-0.25, -0.2) is 0 Å². The van der Waals surface area contributed by atoms with Crippen molar-refractivity contribution >= 4 is 12.0 Å². The summed E-state index contributed by atoms with van der Waals surface area (Å²) in [7, 11) is 0. The molecule has 0 saturated carbocycles. The Morgan fingerprint density at radius 3 is 2.30 bits per heavy atom. The standard InChI is InChI=1S/C21H22O2/c1-21(2)15-23-20(22)18(13-16-9-5-3-6-10-16)19(21)14-17-11-7-4-8-12-17/h3-12,14,18H,13,15H2,1-2H3/b19-14+. The lowest BCUT2D eigenvalue weighted by molar-refractivity contribution is -0.154. The van der Waals surface area contributed by atoms with Gasteiger partial charge < -0.3 is 4.74 Å². The van der Waals surface area contributed by atoms with E-state index in [2.05, 4.69) is 44.2 Å². The lowest BCUT2D eigenvalue weighted by Gasteiger charge is -2.37. The van der Waals surface area contributed by atoms with Gasteiger partial charge in [0.2, 0.25) is 0 Å². The van der Waals surface area contributed by atoms with Gasteiger partial charge in [0.25, 0.3) is 0 Å². The summed E-state index contributed by atoms with van der Waals surface area (Å²) in [4.78, 5) is 12.4. The van der Waals surface area contributed by atoms with Gasteiger partial charge in [-0.05, 0) is 23.1 Å². The average molecular weight is 306 g/mol. The molecule has 1 heterocycles. The SMILES string of the molecule is CC1(C)COC(=O)C(Cc2ccccc2)/C1=C\c1ccccc1. The monoisotopic (exact) mass is 306 g/mol. The van der Waals surface area contributed by atoms with Gasteiger partial charge in [-0.1, -0.05) is 80.6 Å². The van der Waals surface area contributed by atoms with Crippen LogP contribution in [0.3, 0.4) is 0 Å². The fourth-order valence-electron chi connectivity index (χ4n) is 3.10. The van der Waals surface area contributed by atoms with Crippen molar-refractivity contribution in [3.05, 3.63) is 77.4 Å². The molecule has 1 aliphatic rings. The minimum absolute atomic E-state index is 0.115. The third-order valence-electron chi connectivity index (χ3n) is 4.42. The van der Waals surface area contributed by atoms with E-state index < -0.39 is 0 Å². The summed E-state index contributed by atoms with van der Waals surface area (Å²) in [5.74, 6) is -0.336. The predicted molar refractivity (Wildman–Crippen MR) is 92.8 cm³/mol. The van der Waals surface area contributed by atoms with Crippen LogP contribution in [0.4, 0.5) is 0 Å². The number of carbonyl (C=O) groups excluding carboxylic acids is 1. The van der Waals surface area contributed by atoms with Crippen LogP contribution in [-0.4, -0.2) is 12.6 Å². The van der Waals surface area contributed by atoms with E-state index in [4.69, 9.17) is 4.74 Å². The average Bonchev–Trinajstić information content (AvgIpc) is 2.56. The highest BCUT2D eigenvalue weighted by Crippen LogP contribution is 2.40. The summed E-state index contributed by atoms with van der Waals surface area (Å²) in [6.07, 6.45) is 2.84. The van der Waals surface area contributed by atoms with Gasteiger partial charge in [-0.15, -0.1) is 0 Å². The Balaban J connectivity index is 1.98. The zero-order chi connectivity index (χ0) is 16.3. The second-order valence-corrected chi connectivity index (χ2v) is 6.74. The van der Waals surface area contributed by atoms with Gasteiger partial charge in [0.1, 0.15) is 6.61 Å². The molecule has 0 radical (unpaired) electrons. The van der Waals surface area contributed by atoms with Crippen molar-refractivity contribution in [1.29, 1.82) is 0 Å². The molecule has 1 fully saturated rings. The van der Waals surface area contributed by atoms with Crippen LogP contribution in [0.1, 0.15) is 25.0 Å². The van der Waals surface area contributed by atoms with Crippen LogP contribution in [0.15, 0.2) is 66.2 Å². The minimum Gasteiger partial charge on any atom is -0.464 e. The van der Waals surface area contributed by atoms with Crippen LogP contribution in [0.25, 0.3) is 6.08 Å². The largest absolute Gasteiger partial charge is 0.464 e.